The Labute approximate surface area is 193 Å². The zero-order valence-electron chi connectivity index (χ0n) is 16.3. The molecule has 4 nitrogen and oxygen atoms in total. The van der Waals surface area contributed by atoms with Gasteiger partial charge >= 0.3 is 0 Å². The van der Waals surface area contributed by atoms with Crippen LogP contribution in [0, 0.1) is 5.82 Å². The highest BCUT2D eigenvalue weighted by Gasteiger charge is 2.42. The molecule has 2 aromatic carbocycles. The van der Waals surface area contributed by atoms with E-state index in [-0.39, 0.29) is 17.9 Å². The molecule has 154 valence electrons. The van der Waals surface area contributed by atoms with Crippen LogP contribution in [-0.2, 0) is 0 Å². The minimum absolute atomic E-state index is 0.147. The van der Waals surface area contributed by atoms with Gasteiger partial charge in [-0.15, -0.1) is 0 Å². The summed E-state index contributed by atoms with van der Waals surface area (Å²) in [4.78, 5) is 6.72. The Balaban J connectivity index is 1.66. The quantitative estimate of drug-likeness (QED) is 0.356. The number of hydrogen-bond donors (Lipinski definition) is 1. The monoisotopic (exact) mass is 492 g/mol. The molecule has 1 aliphatic heterocycles. The lowest BCUT2D eigenvalue weighted by atomic mass is 10.0. The molecule has 2 aromatic heterocycles. The van der Waals surface area contributed by atoms with Crippen molar-refractivity contribution < 1.29 is 4.39 Å². The molecule has 1 aliphatic rings. The first kappa shape index (κ1) is 19.9. The van der Waals surface area contributed by atoms with Crippen LogP contribution in [0.2, 0.25) is 0 Å². The standard InChI is InChI=1S/C24H18BrFN4S/c25-16-6-10-19(11-7-16)30-23(22(28-24(30)31)20-4-1-2-14-27-20)21-5-3-15-29(21)18-12-8-17(26)9-13-18/h1-15,22-23H,(H,28,31)/t22-,23+/m1/s1. The summed E-state index contributed by atoms with van der Waals surface area (Å²) >= 11 is 9.28. The van der Waals surface area contributed by atoms with Crippen molar-refractivity contribution in [1.29, 1.82) is 0 Å². The molecule has 1 N–H and O–H groups in total. The number of halogens is 2. The van der Waals surface area contributed by atoms with E-state index in [2.05, 4.69) is 41.8 Å². The maximum absolute atomic E-state index is 13.5. The van der Waals surface area contributed by atoms with Crippen molar-refractivity contribution in [3.05, 3.63) is 113 Å². The molecule has 0 unspecified atom stereocenters. The lowest BCUT2D eigenvalue weighted by molar-refractivity contribution is 0.549. The van der Waals surface area contributed by atoms with Gasteiger partial charge in [-0.05, 0) is 85.0 Å². The molecule has 3 heterocycles. The number of nitrogens with zero attached hydrogens (tertiary/aromatic N) is 3. The van der Waals surface area contributed by atoms with Crippen LogP contribution in [0.1, 0.15) is 23.5 Å². The number of thiocarbonyl (C=S) groups is 1. The number of benzene rings is 2. The largest absolute Gasteiger partial charge is 0.351 e. The summed E-state index contributed by atoms with van der Waals surface area (Å²) in [7, 11) is 0. The van der Waals surface area contributed by atoms with E-state index >= 15 is 0 Å². The Bertz CT molecular complexity index is 1210. The fraction of sp³-hybridized carbons (Fsp3) is 0.0833. The molecule has 0 radical (unpaired) electrons. The molecule has 0 amide bonds. The molecular weight excluding hydrogens is 475 g/mol. The van der Waals surface area contributed by atoms with Crippen molar-refractivity contribution in [2.24, 2.45) is 0 Å². The number of anilines is 1. The van der Waals surface area contributed by atoms with Gasteiger partial charge in [-0.3, -0.25) is 4.98 Å². The summed E-state index contributed by atoms with van der Waals surface area (Å²) in [5.74, 6) is -0.260. The van der Waals surface area contributed by atoms with E-state index in [9.17, 15) is 4.39 Å². The van der Waals surface area contributed by atoms with Crippen molar-refractivity contribution in [3.63, 3.8) is 0 Å². The molecule has 0 aliphatic carbocycles. The Morgan fingerprint density at radius 2 is 1.65 bits per heavy atom. The Kier molecular flexibility index (Phi) is 5.29. The third-order valence-corrected chi connectivity index (χ3v) is 6.23. The number of hydrogen-bond acceptors (Lipinski definition) is 2. The normalized spacial score (nSPS) is 18.3. The van der Waals surface area contributed by atoms with Gasteiger partial charge < -0.3 is 14.8 Å². The maximum Gasteiger partial charge on any atom is 0.174 e. The van der Waals surface area contributed by atoms with Crippen LogP contribution < -0.4 is 10.2 Å². The Morgan fingerprint density at radius 1 is 0.903 bits per heavy atom. The van der Waals surface area contributed by atoms with E-state index < -0.39 is 0 Å². The number of nitrogens with one attached hydrogen (secondary N) is 1. The first-order valence-electron chi connectivity index (χ1n) is 9.81. The van der Waals surface area contributed by atoms with E-state index in [1.165, 1.54) is 12.1 Å². The van der Waals surface area contributed by atoms with E-state index in [0.717, 1.165) is 27.2 Å². The van der Waals surface area contributed by atoms with Crippen molar-refractivity contribution >= 4 is 38.9 Å². The van der Waals surface area contributed by atoms with Gasteiger partial charge in [-0.1, -0.05) is 22.0 Å². The molecule has 0 saturated carbocycles. The molecule has 5 rings (SSSR count). The first-order valence-corrected chi connectivity index (χ1v) is 11.0. The topological polar surface area (TPSA) is 33.1 Å². The van der Waals surface area contributed by atoms with Crippen LogP contribution in [0.4, 0.5) is 10.1 Å². The van der Waals surface area contributed by atoms with Gasteiger partial charge in [-0.25, -0.2) is 4.39 Å². The van der Waals surface area contributed by atoms with Gasteiger partial charge in [0.2, 0.25) is 0 Å². The number of aromatic nitrogens is 2. The lowest BCUT2D eigenvalue weighted by Crippen LogP contribution is -2.30. The molecule has 1 saturated heterocycles. The fourth-order valence-corrected chi connectivity index (χ4v) is 4.62. The molecule has 2 atom stereocenters. The fourth-order valence-electron chi connectivity index (χ4n) is 4.01. The summed E-state index contributed by atoms with van der Waals surface area (Å²) < 4.78 is 16.6. The summed E-state index contributed by atoms with van der Waals surface area (Å²) in [5.41, 5.74) is 3.80. The van der Waals surface area contributed by atoms with Crippen LogP contribution in [-0.4, -0.2) is 14.7 Å². The highest BCUT2D eigenvalue weighted by molar-refractivity contribution is 9.10. The zero-order chi connectivity index (χ0) is 21.4. The summed E-state index contributed by atoms with van der Waals surface area (Å²) in [6.45, 7) is 0. The molecule has 4 aromatic rings. The third kappa shape index (κ3) is 3.75. The smallest absolute Gasteiger partial charge is 0.174 e. The average Bonchev–Trinajstić information content (AvgIpc) is 3.40. The van der Waals surface area contributed by atoms with Gasteiger partial charge in [-0.2, -0.15) is 0 Å². The average molecular weight is 493 g/mol. The van der Waals surface area contributed by atoms with E-state index in [4.69, 9.17) is 12.2 Å². The van der Waals surface area contributed by atoms with Crippen molar-refractivity contribution in [1.82, 2.24) is 14.9 Å². The Hall–Kier alpha value is -3.03. The second-order valence-electron chi connectivity index (χ2n) is 7.25. The zero-order valence-corrected chi connectivity index (χ0v) is 18.7. The number of rotatable bonds is 4. The van der Waals surface area contributed by atoms with Crippen LogP contribution in [0.5, 0.6) is 0 Å². The second-order valence-corrected chi connectivity index (χ2v) is 8.55. The van der Waals surface area contributed by atoms with Gasteiger partial charge in [0, 0.05) is 33.9 Å². The van der Waals surface area contributed by atoms with E-state index in [1.807, 2.05) is 54.7 Å². The van der Waals surface area contributed by atoms with Crippen LogP contribution in [0.15, 0.2) is 95.7 Å². The lowest BCUT2D eigenvalue weighted by Gasteiger charge is -2.29. The second kappa shape index (κ2) is 8.24. The summed E-state index contributed by atoms with van der Waals surface area (Å²) in [6, 6.07) is 24.2. The van der Waals surface area contributed by atoms with Gasteiger partial charge in [0.1, 0.15) is 11.9 Å². The van der Waals surface area contributed by atoms with E-state index in [0.29, 0.717) is 5.11 Å². The van der Waals surface area contributed by atoms with Gasteiger partial charge in [0.25, 0.3) is 0 Å². The summed E-state index contributed by atoms with van der Waals surface area (Å²) in [6.07, 6.45) is 3.78. The molecular formula is C24H18BrFN4S. The molecule has 0 bridgehead atoms. The van der Waals surface area contributed by atoms with Crippen molar-refractivity contribution in [2.75, 3.05) is 4.90 Å². The van der Waals surface area contributed by atoms with E-state index in [1.54, 1.807) is 18.3 Å². The molecule has 1 fully saturated rings. The highest BCUT2D eigenvalue weighted by Crippen LogP contribution is 2.42. The van der Waals surface area contributed by atoms with Crippen molar-refractivity contribution in [2.45, 2.75) is 12.1 Å². The van der Waals surface area contributed by atoms with Crippen LogP contribution in [0.3, 0.4) is 0 Å². The third-order valence-electron chi connectivity index (χ3n) is 5.39. The van der Waals surface area contributed by atoms with Gasteiger partial charge in [0.15, 0.2) is 5.11 Å². The first-order chi connectivity index (χ1) is 15.1. The summed E-state index contributed by atoms with van der Waals surface area (Å²) in [5, 5.41) is 4.10. The minimum atomic E-state index is -0.260. The van der Waals surface area contributed by atoms with Crippen molar-refractivity contribution in [3.8, 4) is 5.69 Å². The minimum Gasteiger partial charge on any atom is -0.351 e. The highest BCUT2D eigenvalue weighted by atomic mass is 79.9. The SMILES string of the molecule is Fc1ccc(-n2cccc2[C@H]2[C@@H](c3ccccn3)NC(=S)N2c2ccc(Br)cc2)cc1. The van der Waals surface area contributed by atoms with Gasteiger partial charge in [0.05, 0.1) is 11.7 Å². The molecule has 0 spiro atoms. The Morgan fingerprint density at radius 3 is 2.35 bits per heavy atom. The molecule has 7 heteroatoms. The molecule has 31 heavy (non-hydrogen) atoms. The number of pyridine rings is 1. The van der Waals surface area contributed by atoms with Crippen LogP contribution in [0.25, 0.3) is 5.69 Å². The van der Waals surface area contributed by atoms with Crippen LogP contribution >= 0.6 is 28.1 Å². The predicted molar refractivity (Wildman–Crippen MR) is 128 cm³/mol. The maximum atomic E-state index is 13.5. The predicted octanol–water partition coefficient (Wildman–Crippen LogP) is 5.95.